The molecule has 1 fully saturated rings. The van der Waals surface area contributed by atoms with Crippen molar-refractivity contribution >= 4 is 11.6 Å². The van der Waals surface area contributed by atoms with Gasteiger partial charge >= 0.3 is 0 Å². The maximum Gasteiger partial charge on any atom is 0.179 e. The maximum atomic E-state index is 6.25. The molecule has 4 heteroatoms. The summed E-state index contributed by atoms with van der Waals surface area (Å²) in [6, 6.07) is 4.34. The summed E-state index contributed by atoms with van der Waals surface area (Å²) in [5, 5.41) is 3.98. The van der Waals surface area contributed by atoms with Gasteiger partial charge in [0.25, 0.3) is 0 Å². The molecule has 1 saturated carbocycles. The summed E-state index contributed by atoms with van der Waals surface area (Å²) in [5.41, 5.74) is 1.17. The maximum absolute atomic E-state index is 6.25. The summed E-state index contributed by atoms with van der Waals surface area (Å²) in [5.74, 6) is 2.00. The van der Waals surface area contributed by atoms with Gasteiger partial charge in [0.05, 0.1) is 19.2 Å². The van der Waals surface area contributed by atoms with Gasteiger partial charge in [0.2, 0.25) is 0 Å². The van der Waals surface area contributed by atoms with Crippen LogP contribution < -0.4 is 14.8 Å². The Bertz CT molecular complexity index is 419. The van der Waals surface area contributed by atoms with Gasteiger partial charge in [0, 0.05) is 6.04 Å². The lowest BCUT2D eigenvalue weighted by Crippen LogP contribution is -2.29. The molecule has 0 saturated heterocycles. The van der Waals surface area contributed by atoms with E-state index in [2.05, 4.69) is 5.32 Å². The molecule has 0 aliphatic heterocycles. The zero-order chi connectivity index (χ0) is 13.1. The van der Waals surface area contributed by atoms with Crippen molar-refractivity contribution in [2.24, 2.45) is 5.92 Å². The Labute approximate surface area is 113 Å². The number of methoxy groups -OCH3 is 2. The first-order chi connectivity index (χ1) is 8.71. The van der Waals surface area contributed by atoms with Gasteiger partial charge in [-0.15, -0.1) is 0 Å². The number of ether oxygens (including phenoxy) is 2. The van der Waals surface area contributed by atoms with Gasteiger partial charge in [0.15, 0.2) is 11.5 Å². The second-order valence-corrected chi connectivity index (χ2v) is 5.10. The van der Waals surface area contributed by atoms with E-state index in [1.165, 1.54) is 24.8 Å². The molecular formula is C14H20ClNO2. The third-order valence-electron chi connectivity index (χ3n) is 3.75. The molecule has 1 aromatic rings. The Morgan fingerprint density at radius 1 is 1.28 bits per heavy atom. The first-order valence-corrected chi connectivity index (χ1v) is 6.67. The van der Waals surface area contributed by atoms with Crippen molar-refractivity contribution in [3.8, 4) is 11.5 Å². The SMILES string of the molecule is CNC(c1cc(Cl)c(OC)c(OC)c1)C1CCC1. The zero-order valence-electron chi connectivity index (χ0n) is 11.1. The van der Waals surface area contributed by atoms with E-state index in [1.807, 2.05) is 19.2 Å². The van der Waals surface area contributed by atoms with Gasteiger partial charge in [0.1, 0.15) is 0 Å². The third-order valence-corrected chi connectivity index (χ3v) is 4.03. The quantitative estimate of drug-likeness (QED) is 0.889. The lowest BCUT2D eigenvalue weighted by atomic mass is 9.77. The summed E-state index contributed by atoms with van der Waals surface area (Å²) < 4.78 is 10.6. The van der Waals surface area contributed by atoms with Crippen LogP contribution in [0.3, 0.4) is 0 Å². The van der Waals surface area contributed by atoms with E-state index in [1.54, 1.807) is 14.2 Å². The van der Waals surface area contributed by atoms with Gasteiger partial charge in [-0.3, -0.25) is 0 Å². The van der Waals surface area contributed by atoms with Crippen molar-refractivity contribution in [1.29, 1.82) is 0 Å². The van der Waals surface area contributed by atoms with Crippen molar-refractivity contribution in [2.45, 2.75) is 25.3 Å². The molecule has 0 heterocycles. The monoisotopic (exact) mass is 269 g/mol. The van der Waals surface area contributed by atoms with Crippen LogP contribution in [0.15, 0.2) is 12.1 Å². The highest BCUT2D eigenvalue weighted by Gasteiger charge is 2.28. The van der Waals surface area contributed by atoms with Crippen molar-refractivity contribution in [3.05, 3.63) is 22.7 Å². The normalized spacial score (nSPS) is 17.1. The van der Waals surface area contributed by atoms with Crippen LogP contribution in [-0.4, -0.2) is 21.3 Å². The van der Waals surface area contributed by atoms with E-state index in [4.69, 9.17) is 21.1 Å². The first kappa shape index (κ1) is 13.5. The predicted molar refractivity (Wildman–Crippen MR) is 73.7 cm³/mol. The van der Waals surface area contributed by atoms with E-state index in [-0.39, 0.29) is 0 Å². The molecule has 0 bridgehead atoms. The molecule has 0 amide bonds. The van der Waals surface area contributed by atoms with Crippen LogP contribution >= 0.6 is 11.6 Å². The smallest absolute Gasteiger partial charge is 0.179 e. The molecule has 100 valence electrons. The van der Waals surface area contributed by atoms with Crippen LogP contribution in [0.2, 0.25) is 5.02 Å². The van der Waals surface area contributed by atoms with E-state index >= 15 is 0 Å². The summed E-state index contributed by atoms with van der Waals surface area (Å²) in [7, 11) is 5.23. The Kier molecular flexibility index (Phi) is 4.36. The van der Waals surface area contributed by atoms with E-state index in [9.17, 15) is 0 Å². The van der Waals surface area contributed by atoms with Crippen molar-refractivity contribution in [3.63, 3.8) is 0 Å². The topological polar surface area (TPSA) is 30.5 Å². The number of nitrogens with one attached hydrogen (secondary N) is 1. The van der Waals surface area contributed by atoms with E-state index < -0.39 is 0 Å². The number of benzene rings is 1. The van der Waals surface area contributed by atoms with Gasteiger partial charge in [-0.2, -0.15) is 0 Å². The third kappa shape index (κ3) is 2.43. The van der Waals surface area contributed by atoms with Gasteiger partial charge < -0.3 is 14.8 Å². The molecular weight excluding hydrogens is 250 g/mol. The largest absolute Gasteiger partial charge is 0.493 e. The van der Waals surface area contributed by atoms with E-state index in [0.717, 1.165) is 0 Å². The second kappa shape index (κ2) is 5.81. The molecule has 1 aromatic carbocycles. The molecule has 3 nitrogen and oxygen atoms in total. The molecule has 2 rings (SSSR count). The minimum atomic E-state index is 0.344. The highest BCUT2D eigenvalue weighted by Crippen LogP contribution is 2.42. The minimum absolute atomic E-state index is 0.344. The molecule has 0 aromatic heterocycles. The van der Waals surface area contributed by atoms with Crippen LogP contribution in [0.5, 0.6) is 11.5 Å². The van der Waals surface area contributed by atoms with E-state index in [0.29, 0.717) is 28.5 Å². The Balaban J connectivity index is 2.34. The van der Waals surface area contributed by atoms with Crippen molar-refractivity contribution in [1.82, 2.24) is 5.32 Å². The highest BCUT2D eigenvalue weighted by atomic mass is 35.5. The first-order valence-electron chi connectivity index (χ1n) is 6.30. The number of rotatable bonds is 5. The molecule has 1 aliphatic carbocycles. The van der Waals surface area contributed by atoms with Crippen molar-refractivity contribution < 1.29 is 9.47 Å². The van der Waals surface area contributed by atoms with Crippen LogP contribution in [0.4, 0.5) is 0 Å². The fourth-order valence-electron chi connectivity index (χ4n) is 2.57. The lowest BCUT2D eigenvalue weighted by Gasteiger charge is -2.34. The molecule has 0 spiro atoms. The van der Waals surface area contributed by atoms with Gasteiger partial charge in [-0.25, -0.2) is 0 Å². The number of hydrogen-bond donors (Lipinski definition) is 1. The van der Waals surface area contributed by atoms with Crippen LogP contribution in [0.25, 0.3) is 0 Å². The summed E-state index contributed by atoms with van der Waals surface area (Å²) in [6.07, 6.45) is 3.87. The predicted octanol–water partition coefficient (Wildman–Crippen LogP) is 3.42. The average molecular weight is 270 g/mol. The fraction of sp³-hybridized carbons (Fsp3) is 0.571. The molecule has 1 N–H and O–H groups in total. The minimum Gasteiger partial charge on any atom is -0.493 e. The Hall–Kier alpha value is -0.930. The number of hydrogen-bond acceptors (Lipinski definition) is 3. The Morgan fingerprint density at radius 3 is 2.44 bits per heavy atom. The summed E-state index contributed by atoms with van der Waals surface area (Å²) in [6.45, 7) is 0. The zero-order valence-corrected chi connectivity index (χ0v) is 11.9. The summed E-state index contributed by atoms with van der Waals surface area (Å²) in [4.78, 5) is 0. The molecule has 1 aliphatic rings. The van der Waals surface area contributed by atoms with Crippen LogP contribution in [0.1, 0.15) is 30.9 Å². The second-order valence-electron chi connectivity index (χ2n) is 4.70. The fourth-order valence-corrected chi connectivity index (χ4v) is 2.86. The number of halogens is 1. The van der Waals surface area contributed by atoms with Crippen LogP contribution in [-0.2, 0) is 0 Å². The highest BCUT2D eigenvalue weighted by molar-refractivity contribution is 6.32. The molecule has 0 radical (unpaired) electrons. The molecule has 18 heavy (non-hydrogen) atoms. The van der Waals surface area contributed by atoms with Crippen LogP contribution in [0, 0.1) is 5.92 Å². The average Bonchev–Trinajstić information content (AvgIpc) is 2.32. The lowest BCUT2D eigenvalue weighted by molar-refractivity contribution is 0.239. The summed E-state index contributed by atoms with van der Waals surface area (Å²) >= 11 is 6.25. The Morgan fingerprint density at radius 2 is 2.00 bits per heavy atom. The van der Waals surface area contributed by atoms with Gasteiger partial charge in [-0.05, 0) is 43.5 Å². The molecule has 1 atom stereocenters. The van der Waals surface area contributed by atoms with Crippen molar-refractivity contribution in [2.75, 3.05) is 21.3 Å². The van der Waals surface area contributed by atoms with Gasteiger partial charge in [-0.1, -0.05) is 18.0 Å². The molecule has 1 unspecified atom stereocenters. The standard InChI is InChI=1S/C14H20ClNO2/c1-16-13(9-5-4-6-9)10-7-11(15)14(18-3)12(8-10)17-2/h7-9,13,16H,4-6H2,1-3H3.